The third-order valence-corrected chi connectivity index (χ3v) is 2.35. The standard InChI is InChI=1S/C12H11FN2O/c13-10-5-4-9(11(14)7-10)8-15-6-2-1-3-12(15)16/h1-7H,8,14H2. The van der Waals surface area contributed by atoms with Gasteiger partial charge in [-0.2, -0.15) is 0 Å². The molecule has 2 N–H and O–H groups in total. The van der Waals surface area contributed by atoms with Gasteiger partial charge in [-0.1, -0.05) is 12.1 Å². The highest BCUT2D eigenvalue weighted by Crippen LogP contribution is 2.13. The Morgan fingerprint density at radius 1 is 1.25 bits per heavy atom. The van der Waals surface area contributed by atoms with Crippen LogP contribution in [0, 0.1) is 5.82 Å². The quantitative estimate of drug-likeness (QED) is 0.778. The topological polar surface area (TPSA) is 48.0 Å². The fourth-order valence-electron chi connectivity index (χ4n) is 1.48. The molecule has 0 atom stereocenters. The maximum absolute atomic E-state index is 12.8. The molecule has 82 valence electrons. The van der Waals surface area contributed by atoms with Crippen molar-refractivity contribution in [2.24, 2.45) is 0 Å². The second-order valence-corrected chi connectivity index (χ2v) is 3.51. The van der Waals surface area contributed by atoms with Gasteiger partial charge in [-0.25, -0.2) is 4.39 Å². The number of benzene rings is 1. The lowest BCUT2D eigenvalue weighted by atomic mass is 10.2. The molecule has 4 heteroatoms. The lowest BCUT2D eigenvalue weighted by Gasteiger charge is -2.07. The van der Waals surface area contributed by atoms with Gasteiger partial charge in [-0.3, -0.25) is 4.79 Å². The number of halogens is 1. The van der Waals surface area contributed by atoms with E-state index in [-0.39, 0.29) is 11.4 Å². The Labute approximate surface area is 92.0 Å². The van der Waals surface area contributed by atoms with Crippen LogP contribution in [0.25, 0.3) is 0 Å². The zero-order chi connectivity index (χ0) is 11.5. The Kier molecular flexibility index (Phi) is 2.72. The summed E-state index contributed by atoms with van der Waals surface area (Å²) in [5.74, 6) is -0.373. The maximum Gasteiger partial charge on any atom is 0.250 e. The summed E-state index contributed by atoms with van der Waals surface area (Å²) in [6.45, 7) is 0.353. The van der Waals surface area contributed by atoms with Gasteiger partial charge in [-0.05, 0) is 23.8 Å². The monoisotopic (exact) mass is 218 g/mol. The number of pyridine rings is 1. The zero-order valence-corrected chi connectivity index (χ0v) is 8.56. The van der Waals surface area contributed by atoms with Crippen molar-refractivity contribution in [3.05, 3.63) is 64.3 Å². The van der Waals surface area contributed by atoms with E-state index in [1.54, 1.807) is 24.4 Å². The first-order chi connectivity index (χ1) is 7.66. The first kappa shape index (κ1) is 10.4. The molecule has 2 rings (SSSR count). The molecule has 0 unspecified atom stereocenters. The lowest BCUT2D eigenvalue weighted by molar-refractivity contribution is 0.627. The van der Waals surface area contributed by atoms with E-state index >= 15 is 0 Å². The summed E-state index contributed by atoms with van der Waals surface area (Å²) in [6, 6.07) is 9.08. The maximum atomic E-state index is 12.8. The van der Waals surface area contributed by atoms with E-state index in [0.717, 1.165) is 5.56 Å². The molecule has 0 saturated carbocycles. The van der Waals surface area contributed by atoms with Crippen molar-refractivity contribution >= 4 is 5.69 Å². The third kappa shape index (κ3) is 2.11. The molecule has 0 spiro atoms. The Hall–Kier alpha value is -2.10. The molecule has 16 heavy (non-hydrogen) atoms. The van der Waals surface area contributed by atoms with Gasteiger partial charge in [0, 0.05) is 18.0 Å². The van der Waals surface area contributed by atoms with Crippen molar-refractivity contribution in [3.8, 4) is 0 Å². The Morgan fingerprint density at radius 3 is 2.75 bits per heavy atom. The van der Waals surface area contributed by atoms with Gasteiger partial charge in [-0.15, -0.1) is 0 Å². The minimum absolute atomic E-state index is 0.105. The second kappa shape index (κ2) is 4.18. The predicted molar refractivity (Wildman–Crippen MR) is 60.6 cm³/mol. The number of anilines is 1. The molecule has 0 aliphatic carbocycles. The van der Waals surface area contributed by atoms with E-state index in [4.69, 9.17) is 5.73 Å². The molecular weight excluding hydrogens is 207 g/mol. The Morgan fingerprint density at radius 2 is 2.06 bits per heavy atom. The first-order valence-electron chi connectivity index (χ1n) is 4.86. The van der Waals surface area contributed by atoms with E-state index in [1.807, 2.05) is 0 Å². The van der Waals surface area contributed by atoms with Crippen molar-refractivity contribution in [2.75, 3.05) is 5.73 Å². The molecule has 1 aromatic carbocycles. The molecule has 0 saturated heterocycles. The van der Waals surface area contributed by atoms with Crippen LogP contribution in [0.3, 0.4) is 0 Å². The van der Waals surface area contributed by atoms with E-state index < -0.39 is 0 Å². The smallest absolute Gasteiger partial charge is 0.250 e. The summed E-state index contributed by atoms with van der Waals surface area (Å²) in [4.78, 5) is 11.4. The van der Waals surface area contributed by atoms with E-state index in [1.165, 1.54) is 22.8 Å². The fraction of sp³-hybridized carbons (Fsp3) is 0.0833. The Bertz CT molecular complexity index is 563. The van der Waals surface area contributed by atoms with E-state index in [9.17, 15) is 9.18 Å². The summed E-state index contributed by atoms with van der Waals surface area (Å²) < 4.78 is 14.3. The number of nitrogens with two attached hydrogens (primary N) is 1. The van der Waals surface area contributed by atoms with Crippen molar-refractivity contribution in [1.29, 1.82) is 0 Å². The normalized spacial score (nSPS) is 10.3. The SMILES string of the molecule is Nc1cc(F)ccc1Cn1ccccc1=O. The summed E-state index contributed by atoms with van der Waals surface area (Å²) in [6.07, 6.45) is 1.67. The molecule has 1 heterocycles. The average Bonchev–Trinajstić information content (AvgIpc) is 2.25. The van der Waals surface area contributed by atoms with Crippen LogP contribution in [-0.2, 0) is 6.54 Å². The second-order valence-electron chi connectivity index (χ2n) is 3.51. The van der Waals surface area contributed by atoms with Crippen LogP contribution in [-0.4, -0.2) is 4.57 Å². The highest BCUT2D eigenvalue weighted by Gasteiger charge is 2.02. The molecule has 0 bridgehead atoms. The van der Waals surface area contributed by atoms with Crippen LogP contribution in [0.4, 0.5) is 10.1 Å². The lowest BCUT2D eigenvalue weighted by Crippen LogP contribution is -2.18. The van der Waals surface area contributed by atoms with Gasteiger partial charge < -0.3 is 10.3 Å². The largest absolute Gasteiger partial charge is 0.398 e. The number of rotatable bonds is 2. The van der Waals surface area contributed by atoms with E-state index in [2.05, 4.69) is 0 Å². The molecule has 0 amide bonds. The minimum atomic E-state index is -0.373. The molecular formula is C12H11FN2O. The van der Waals surface area contributed by atoms with Crippen LogP contribution in [0.15, 0.2) is 47.4 Å². The van der Waals surface area contributed by atoms with E-state index in [0.29, 0.717) is 12.2 Å². The Balaban J connectivity index is 2.35. The first-order valence-corrected chi connectivity index (χ1v) is 4.86. The number of nitrogens with zero attached hydrogens (tertiary/aromatic N) is 1. The highest BCUT2D eigenvalue weighted by molar-refractivity contribution is 5.46. The van der Waals surface area contributed by atoms with Crippen LogP contribution in [0.5, 0.6) is 0 Å². The van der Waals surface area contributed by atoms with Gasteiger partial charge in [0.2, 0.25) is 0 Å². The number of aromatic nitrogens is 1. The summed E-state index contributed by atoms with van der Waals surface area (Å²) >= 11 is 0. The molecule has 1 aromatic heterocycles. The molecule has 0 aliphatic rings. The number of hydrogen-bond donors (Lipinski definition) is 1. The summed E-state index contributed by atoms with van der Waals surface area (Å²) in [5, 5.41) is 0. The van der Waals surface area contributed by atoms with Crippen molar-refractivity contribution < 1.29 is 4.39 Å². The number of hydrogen-bond acceptors (Lipinski definition) is 2. The minimum Gasteiger partial charge on any atom is -0.398 e. The predicted octanol–water partition coefficient (Wildman–Crippen LogP) is 1.62. The van der Waals surface area contributed by atoms with Crippen LogP contribution >= 0.6 is 0 Å². The van der Waals surface area contributed by atoms with Gasteiger partial charge in [0.25, 0.3) is 5.56 Å². The third-order valence-electron chi connectivity index (χ3n) is 2.35. The summed E-state index contributed by atoms with van der Waals surface area (Å²) in [7, 11) is 0. The molecule has 0 aliphatic heterocycles. The van der Waals surface area contributed by atoms with Gasteiger partial charge in [0.15, 0.2) is 0 Å². The van der Waals surface area contributed by atoms with Crippen molar-refractivity contribution in [1.82, 2.24) is 4.57 Å². The van der Waals surface area contributed by atoms with Crippen LogP contribution in [0.1, 0.15) is 5.56 Å². The van der Waals surface area contributed by atoms with Gasteiger partial charge in [0.1, 0.15) is 5.82 Å². The average molecular weight is 218 g/mol. The van der Waals surface area contributed by atoms with Gasteiger partial charge >= 0.3 is 0 Å². The fourth-order valence-corrected chi connectivity index (χ4v) is 1.48. The number of nitrogen functional groups attached to an aromatic ring is 1. The molecule has 0 fully saturated rings. The van der Waals surface area contributed by atoms with Crippen molar-refractivity contribution in [2.45, 2.75) is 6.54 Å². The summed E-state index contributed by atoms with van der Waals surface area (Å²) in [5.41, 5.74) is 6.65. The molecule has 3 nitrogen and oxygen atoms in total. The van der Waals surface area contributed by atoms with Crippen LogP contribution < -0.4 is 11.3 Å². The highest BCUT2D eigenvalue weighted by atomic mass is 19.1. The zero-order valence-electron chi connectivity index (χ0n) is 8.56. The van der Waals surface area contributed by atoms with Gasteiger partial charge in [0.05, 0.1) is 6.54 Å². The van der Waals surface area contributed by atoms with Crippen LogP contribution in [0.2, 0.25) is 0 Å². The molecule has 0 radical (unpaired) electrons. The van der Waals surface area contributed by atoms with Crippen molar-refractivity contribution in [3.63, 3.8) is 0 Å². The molecule has 2 aromatic rings.